The quantitative estimate of drug-likeness (QED) is 0.503. The molecule has 0 fully saturated rings. The van der Waals surface area contributed by atoms with E-state index in [-0.39, 0.29) is 29.7 Å². The average molecular weight is 496 g/mol. The number of carbonyl (C=O) groups excluding carboxylic acids is 2. The fraction of sp³-hybridized carbons (Fsp3) is 0.346. The maximum absolute atomic E-state index is 13.5. The number of methoxy groups -OCH3 is 1. The van der Waals surface area contributed by atoms with E-state index in [1.165, 1.54) is 13.2 Å². The Morgan fingerprint density at radius 3 is 2.60 bits per heavy atom. The van der Waals surface area contributed by atoms with Crippen molar-refractivity contribution in [2.45, 2.75) is 32.5 Å². The number of rotatable bonds is 7. The highest BCUT2D eigenvalue weighted by Crippen LogP contribution is 2.25. The molecule has 0 saturated heterocycles. The van der Waals surface area contributed by atoms with Crippen molar-refractivity contribution in [3.63, 3.8) is 0 Å². The molecule has 4 rings (SSSR count). The second kappa shape index (κ2) is 10.8. The molecule has 1 atom stereocenters. The minimum atomic E-state index is -0.678. The molecule has 9 heteroatoms. The van der Waals surface area contributed by atoms with Gasteiger partial charge in [-0.3, -0.25) is 14.4 Å². The van der Waals surface area contributed by atoms with Crippen LogP contribution in [-0.4, -0.2) is 59.5 Å². The third-order valence-corrected chi connectivity index (χ3v) is 6.82. The van der Waals surface area contributed by atoms with Gasteiger partial charge in [0, 0.05) is 51.4 Å². The lowest BCUT2D eigenvalue weighted by Gasteiger charge is -2.24. The molecule has 0 radical (unpaired) electrons. The van der Waals surface area contributed by atoms with Crippen LogP contribution in [0.2, 0.25) is 0 Å². The van der Waals surface area contributed by atoms with Gasteiger partial charge < -0.3 is 23.8 Å². The number of nitrogens with zero attached hydrogens (tertiary/aromatic N) is 3. The highest BCUT2D eigenvalue weighted by molar-refractivity contribution is 7.07. The van der Waals surface area contributed by atoms with Crippen LogP contribution in [0.15, 0.2) is 58.0 Å². The third-order valence-electron chi connectivity index (χ3n) is 6.09. The fourth-order valence-electron chi connectivity index (χ4n) is 4.29. The minimum absolute atomic E-state index is 0.163. The Morgan fingerprint density at radius 1 is 1.14 bits per heavy atom. The van der Waals surface area contributed by atoms with Crippen molar-refractivity contribution in [2.75, 3.05) is 27.2 Å². The van der Waals surface area contributed by atoms with E-state index in [1.54, 1.807) is 51.8 Å². The van der Waals surface area contributed by atoms with Gasteiger partial charge in [0.25, 0.3) is 17.4 Å². The molecule has 2 aromatic heterocycles. The van der Waals surface area contributed by atoms with Gasteiger partial charge in [-0.2, -0.15) is 11.3 Å². The van der Waals surface area contributed by atoms with Crippen LogP contribution < -0.4 is 15.0 Å². The number of benzene rings is 1. The maximum atomic E-state index is 13.5. The van der Waals surface area contributed by atoms with Gasteiger partial charge in [0.1, 0.15) is 17.1 Å². The standard InChI is InChI=1S/C26H29N3O5S/c1-18(34-20-7-5-4-6-8-20)25(31)28-11-9-21-24(22(33-3)15-23(30)29(21)13-12-28)26(32)27(2)16-19-10-14-35-17-19/h4-8,10,14-15,17-18H,9,11-13,16H2,1-3H3/t18-/m0/s1. The summed E-state index contributed by atoms with van der Waals surface area (Å²) in [6, 6.07) is 12.5. The van der Waals surface area contributed by atoms with Crippen LogP contribution >= 0.6 is 11.3 Å². The normalized spacial score (nSPS) is 14.0. The van der Waals surface area contributed by atoms with Crippen LogP contribution in [-0.2, 0) is 24.3 Å². The van der Waals surface area contributed by atoms with Crippen LogP contribution in [0.4, 0.5) is 0 Å². The molecule has 3 aromatic rings. The smallest absolute Gasteiger partial charge is 0.263 e. The molecular weight excluding hydrogens is 466 g/mol. The van der Waals surface area contributed by atoms with E-state index in [1.807, 2.05) is 35.0 Å². The monoisotopic (exact) mass is 495 g/mol. The van der Waals surface area contributed by atoms with E-state index in [0.29, 0.717) is 43.1 Å². The second-order valence-electron chi connectivity index (χ2n) is 8.47. The van der Waals surface area contributed by atoms with Gasteiger partial charge in [0.05, 0.1) is 7.11 Å². The number of hydrogen-bond donors (Lipinski definition) is 0. The molecular formula is C26H29N3O5S. The Bertz CT molecular complexity index is 1240. The Balaban J connectivity index is 1.57. The number of thiophene rings is 1. The van der Waals surface area contributed by atoms with Crippen LogP contribution in [0.1, 0.15) is 28.5 Å². The number of fused-ring (bicyclic) bond motifs is 1. The summed E-state index contributed by atoms with van der Waals surface area (Å²) in [4.78, 5) is 42.8. The zero-order valence-electron chi connectivity index (χ0n) is 20.1. The molecule has 0 saturated carbocycles. The average Bonchev–Trinajstić information content (AvgIpc) is 3.27. The Hall–Kier alpha value is -3.59. The number of carbonyl (C=O) groups is 2. The Morgan fingerprint density at radius 2 is 1.91 bits per heavy atom. The van der Waals surface area contributed by atoms with Crippen molar-refractivity contribution in [1.82, 2.24) is 14.4 Å². The number of para-hydroxylation sites is 1. The highest BCUT2D eigenvalue weighted by atomic mass is 32.1. The first-order valence-corrected chi connectivity index (χ1v) is 12.4. The van der Waals surface area contributed by atoms with Crippen LogP contribution in [0.25, 0.3) is 0 Å². The first-order chi connectivity index (χ1) is 16.9. The van der Waals surface area contributed by atoms with Crippen LogP contribution in [0, 0.1) is 0 Å². The molecule has 184 valence electrons. The maximum Gasteiger partial charge on any atom is 0.263 e. The van der Waals surface area contributed by atoms with E-state index in [0.717, 1.165) is 5.56 Å². The minimum Gasteiger partial charge on any atom is -0.496 e. The predicted octanol–water partition coefficient (Wildman–Crippen LogP) is 3.04. The number of hydrogen-bond acceptors (Lipinski definition) is 6. The van der Waals surface area contributed by atoms with E-state index in [4.69, 9.17) is 9.47 Å². The van der Waals surface area contributed by atoms with E-state index >= 15 is 0 Å². The molecule has 8 nitrogen and oxygen atoms in total. The molecule has 0 spiro atoms. The van der Waals surface area contributed by atoms with Gasteiger partial charge in [0.2, 0.25) is 0 Å². The molecule has 0 N–H and O–H groups in total. The molecule has 1 aliphatic rings. The molecule has 3 heterocycles. The van der Waals surface area contributed by atoms with Crippen LogP contribution in [0.3, 0.4) is 0 Å². The molecule has 35 heavy (non-hydrogen) atoms. The molecule has 1 aromatic carbocycles. The lowest BCUT2D eigenvalue weighted by molar-refractivity contribution is -0.137. The van der Waals surface area contributed by atoms with Crippen molar-refractivity contribution in [2.24, 2.45) is 0 Å². The van der Waals surface area contributed by atoms with Gasteiger partial charge in [-0.25, -0.2) is 0 Å². The highest BCUT2D eigenvalue weighted by Gasteiger charge is 2.30. The molecule has 0 aliphatic carbocycles. The van der Waals surface area contributed by atoms with E-state index in [9.17, 15) is 14.4 Å². The number of pyridine rings is 1. The zero-order valence-corrected chi connectivity index (χ0v) is 20.9. The molecule has 0 bridgehead atoms. The summed E-state index contributed by atoms with van der Waals surface area (Å²) in [5.41, 5.74) is 1.74. The van der Waals surface area contributed by atoms with Crippen molar-refractivity contribution in [3.8, 4) is 11.5 Å². The summed E-state index contributed by atoms with van der Waals surface area (Å²) >= 11 is 1.57. The summed E-state index contributed by atoms with van der Waals surface area (Å²) in [6.07, 6.45) is -0.327. The fourth-order valence-corrected chi connectivity index (χ4v) is 4.95. The van der Waals surface area contributed by atoms with Crippen molar-refractivity contribution in [1.29, 1.82) is 0 Å². The number of ether oxygens (including phenoxy) is 2. The largest absolute Gasteiger partial charge is 0.496 e. The molecule has 2 amide bonds. The number of amides is 2. The van der Waals surface area contributed by atoms with E-state index < -0.39 is 6.10 Å². The summed E-state index contributed by atoms with van der Waals surface area (Å²) in [7, 11) is 3.19. The van der Waals surface area contributed by atoms with Gasteiger partial charge in [0.15, 0.2) is 6.10 Å². The van der Waals surface area contributed by atoms with Crippen molar-refractivity contribution >= 4 is 23.2 Å². The summed E-state index contributed by atoms with van der Waals surface area (Å²) < 4.78 is 12.9. The first kappa shape index (κ1) is 24.5. The van der Waals surface area contributed by atoms with Crippen molar-refractivity contribution in [3.05, 3.63) is 80.4 Å². The first-order valence-electron chi connectivity index (χ1n) is 11.5. The SMILES string of the molecule is COc1cc(=O)n2c(c1C(=O)N(C)Cc1ccsc1)CCN(C(=O)[C@H](C)Oc1ccccc1)CC2. The third kappa shape index (κ3) is 5.40. The Kier molecular flexibility index (Phi) is 7.55. The van der Waals surface area contributed by atoms with Gasteiger partial charge in [-0.15, -0.1) is 0 Å². The molecule has 0 unspecified atom stereocenters. The lowest BCUT2D eigenvalue weighted by Crippen LogP contribution is -2.42. The predicted molar refractivity (Wildman–Crippen MR) is 134 cm³/mol. The molecule has 1 aliphatic heterocycles. The lowest BCUT2D eigenvalue weighted by atomic mass is 10.1. The summed E-state index contributed by atoms with van der Waals surface area (Å²) in [5, 5.41) is 3.97. The van der Waals surface area contributed by atoms with E-state index in [2.05, 4.69) is 0 Å². The number of aromatic nitrogens is 1. The van der Waals surface area contributed by atoms with Gasteiger partial charge in [-0.1, -0.05) is 18.2 Å². The topological polar surface area (TPSA) is 81.1 Å². The Labute approximate surface area is 208 Å². The summed E-state index contributed by atoms with van der Waals surface area (Å²) in [5.74, 6) is 0.486. The second-order valence-corrected chi connectivity index (χ2v) is 9.25. The van der Waals surface area contributed by atoms with Gasteiger partial charge in [-0.05, 0) is 41.4 Å². The van der Waals surface area contributed by atoms with Crippen LogP contribution in [0.5, 0.6) is 11.5 Å². The van der Waals surface area contributed by atoms with Gasteiger partial charge >= 0.3 is 0 Å². The summed E-state index contributed by atoms with van der Waals surface area (Å²) in [6.45, 7) is 3.16. The zero-order chi connectivity index (χ0) is 24.9. The van der Waals surface area contributed by atoms with Crippen molar-refractivity contribution < 1.29 is 19.1 Å².